The Hall–Kier alpha value is -7.16. The first-order chi connectivity index (χ1) is 28.1. The Balaban J connectivity index is 1.11. The first kappa shape index (κ1) is 33.2. The normalized spacial score (nSPS) is 12.9. The van der Waals surface area contributed by atoms with Crippen molar-refractivity contribution in [2.75, 3.05) is 0 Å². The third-order valence-electron chi connectivity index (χ3n) is 12.1. The molecule has 0 N–H and O–H groups in total. The number of fused-ring (bicyclic) bond motifs is 5. The minimum atomic E-state index is -0.243. The molecule has 0 aliphatic heterocycles. The van der Waals surface area contributed by atoms with Gasteiger partial charge in [0.2, 0.25) is 0 Å². The summed E-state index contributed by atoms with van der Waals surface area (Å²) in [4.78, 5) is 0. The van der Waals surface area contributed by atoms with Gasteiger partial charge in [0.1, 0.15) is 0 Å². The fourth-order valence-electron chi connectivity index (χ4n) is 9.54. The molecule has 0 radical (unpaired) electrons. The molecule has 11 rings (SSSR count). The Morgan fingerprint density at radius 1 is 0.333 bits per heavy atom. The number of hydrogen-bond donors (Lipinski definition) is 0. The first-order valence-electron chi connectivity index (χ1n) is 19.9. The van der Waals surface area contributed by atoms with Crippen molar-refractivity contribution in [2.45, 2.75) is 19.3 Å². The van der Waals surface area contributed by atoms with Gasteiger partial charge in [0.25, 0.3) is 0 Å². The number of para-hydroxylation sites is 2. The summed E-state index contributed by atoms with van der Waals surface area (Å²) in [5, 5.41) is 2.50. The van der Waals surface area contributed by atoms with Crippen LogP contribution in [0.4, 0.5) is 0 Å². The van der Waals surface area contributed by atoms with Crippen LogP contribution in [0.3, 0.4) is 0 Å². The van der Waals surface area contributed by atoms with Crippen LogP contribution < -0.4 is 0 Å². The minimum absolute atomic E-state index is 0.243. The van der Waals surface area contributed by atoms with E-state index in [1.807, 2.05) is 0 Å². The largest absolute Gasteiger partial charge is 0.309 e. The first-order valence-corrected chi connectivity index (χ1v) is 19.9. The molecule has 10 aromatic rings. The third kappa shape index (κ3) is 5.11. The van der Waals surface area contributed by atoms with Crippen molar-refractivity contribution in [3.8, 4) is 67.3 Å². The van der Waals surface area contributed by atoms with Crippen LogP contribution in [0.2, 0.25) is 0 Å². The Labute approximate surface area is 333 Å². The lowest BCUT2D eigenvalue weighted by atomic mass is 9.82. The van der Waals surface area contributed by atoms with Crippen LogP contribution >= 0.6 is 0 Å². The Morgan fingerprint density at radius 3 is 1.05 bits per heavy atom. The fraction of sp³-hybridized carbons (Fsp3) is 0.0545. The monoisotopic (exact) mass is 728 g/mol. The summed E-state index contributed by atoms with van der Waals surface area (Å²) < 4.78 is 4.97. The molecule has 2 heteroatoms. The highest BCUT2D eigenvalue weighted by Gasteiger charge is 2.37. The zero-order chi connectivity index (χ0) is 38.1. The molecule has 1 aliphatic rings. The van der Waals surface area contributed by atoms with Gasteiger partial charge >= 0.3 is 0 Å². The second-order valence-electron chi connectivity index (χ2n) is 15.7. The third-order valence-corrected chi connectivity index (χ3v) is 12.1. The average Bonchev–Trinajstić information content (AvgIpc) is 3.88. The topological polar surface area (TPSA) is 9.86 Å². The highest BCUT2D eigenvalue weighted by Crippen LogP contribution is 2.52. The average molecular weight is 729 g/mol. The quantitative estimate of drug-likeness (QED) is 0.161. The summed E-state index contributed by atoms with van der Waals surface area (Å²) in [5.74, 6) is 0. The summed E-state index contributed by atoms with van der Waals surface area (Å²) in [6, 6.07) is 75.4. The molecular weight excluding hydrogens is 689 g/mol. The second-order valence-corrected chi connectivity index (χ2v) is 15.7. The Kier molecular flexibility index (Phi) is 7.55. The Morgan fingerprint density at radius 2 is 0.667 bits per heavy atom. The molecule has 2 nitrogen and oxygen atoms in total. The van der Waals surface area contributed by atoms with Gasteiger partial charge in [-0.2, -0.15) is 0 Å². The lowest BCUT2D eigenvalue weighted by molar-refractivity contribution is 0.659. The molecule has 0 bridgehead atoms. The van der Waals surface area contributed by atoms with Gasteiger partial charge in [-0.3, -0.25) is 0 Å². The number of nitrogens with zero attached hydrogens (tertiary/aromatic N) is 2. The molecule has 0 saturated carbocycles. The van der Waals surface area contributed by atoms with Crippen LogP contribution in [0.15, 0.2) is 206 Å². The molecule has 0 spiro atoms. The maximum absolute atomic E-state index is 2.49. The number of rotatable bonds is 6. The number of benzene rings is 8. The van der Waals surface area contributed by atoms with Gasteiger partial charge in [-0.05, 0) is 80.9 Å². The second kappa shape index (κ2) is 13.0. The smallest absolute Gasteiger partial charge is 0.0619 e. The number of aromatic nitrogens is 2. The van der Waals surface area contributed by atoms with Crippen LogP contribution in [-0.2, 0) is 5.41 Å². The summed E-state index contributed by atoms with van der Waals surface area (Å²) in [7, 11) is 0. The molecule has 0 unspecified atom stereocenters. The predicted molar refractivity (Wildman–Crippen MR) is 239 cm³/mol. The van der Waals surface area contributed by atoms with Crippen LogP contribution in [0.1, 0.15) is 25.0 Å². The summed E-state index contributed by atoms with van der Waals surface area (Å²) in [6.07, 6.45) is 0. The molecule has 57 heavy (non-hydrogen) atoms. The van der Waals surface area contributed by atoms with Gasteiger partial charge in [-0.1, -0.05) is 184 Å². The van der Waals surface area contributed by atoms with Crippen molar-refractivity contribution in [1.29, 1.82) is 0 Å². The molecule has 0 amide bonds. The fourth-order valence-corrected chi connectivity index (χ4v) is 9.54. The standard InChI is InChI=1S/C55H40N2/c1-55(2)47-35-41(56-49-29-17-15-27-45(49)51(37-19-7-3-8-20-37)53(56)39-23-11-5-12-24-39)31-33-43(47)44-34-32-42(36-48(44)55)57-50-30-18-16-28-46(50)52(38-21-9-4-10-22-38)54(57)40-25-13-6-14-26-40/h3-36H,1-2H3. The molecule has 270 valence electrons. The molecule has 0 saturated heterocycles. The summed E-state index contributed by atoms with van der Waals surface area (Å²) >= 11 is 0. The van der Waals surface area contributed by atoms with Crippen LogP contribution in [0.25, 0.3) is 89.1 Å². The van der Waals surface area contributed by atoms with E-state index >= 15 is 0 Å². The van der Waals surface area contributed by atoms with Crippen molar-refractivity contribution in [1.82, 2.24) is 9.13 Å². The van der Waals surface area contributed by atoms with E-state index in [1.165, 1.54) is 100 Å². The van der Waals surface area contributed by atoms with E-state index in [4.69, 9.17) is 0 Å². The molecule has 2 aromatic heterocycles. The maximum Gasteiger partial charge on any atom is 0.0619 e. The van der Waals surface area contributed by atoms with E-state index in [-0.39, 0.29) is 5.41 Å². The van der Waals surface area contributed by atoms with Gasteiger partial charge in [-0.25, -0.2) is 0 Å². The van der Waals surface area contributed by atoms with Gasteiger partial charge in [0.05, 0.1) is 22.4 Å². The van der Waals surface area contributed by atoms with Crippen LogP contribution in [0, 0.1) is 0 Å². The lowest BCUT2D eigenvalue weighted by Crippen LogP contribution is -2.16. The van der Waals surface area contributed by atoms with E-state index in [0.717, 1.165) is 0 Å². The maximum atomic E-state index is 2.49. The van der Waals surface area contributed by atoms with Gasteiger partial charge in [-0.15, -0.1) is 0 Å². The molecule has 0 atom stereocenters. The van der Waals surface area contributed by atoms with Gasteiger partial charge in [0, 0.05) is 38.7 Å². The van der Waals surface area contributed by atoms with Gasteiger partial charge < -0.3 is 9.13 Å². The number of hydrogen-bond acceptors (Lipinski definition) is 0. The van der Waals surface area contributed by atoms with Crippen molar-refractivity contribution >= 4 is 21.8 Å². The van der Waals surface area contributed by atoms with Crippen LogP contribution in [0.5, 0.6) is 0 Å². The SMILES string of the molecule is CC1(C)c2cc(-n3c(-c4ccccc4)c(-c4ccccc4)c4ccccc43)ccc2-c2ccc(-n3c(-c4ccccc4)c(-c4ccccc4)c4ccccc43)cc21. The molecule has 0 fully saturated rings. The van der Waals surface area contributed by atoms with Crippen LogP contribution in [-0.4, -0.2) is 9.13 Å². The summed E-state index contributed by atoms with van der Waals surface area (Å²) in [5.41, 5.74) is 19.6. The van der Waals surface area contributed by atoms with E-state index in [1.54, 1.807) is 0 Å². The highest BCUT2D eigenvalue weighted by atomic mass is 15.0. The zero-order valence-corrected chi connectivity index (χ0v) is 32.0. The molecule has 1 aliphatic carbocycles. The minimum Gasteiger partial charge on any atom is -0.309 e. The lowest BCUT2D eigenvalue weighted by Gasteiger charge is -2.24. The van der Waals surface area contributed by atoms with Crippen molar-refractivity contribution in [3.05, 3.63) is 217 Å². The zero-order valence-electron chi connectivity index (χ0n) is 32.0. The highest BCUT2D eigenvalue weighted by molar-refractivity contribution is 6.07. The van der Waals surface area contributed by atoms with E-state index < -0.39 is 0 Å². The molecular formula is C55H40N2. The molecule has 2 heterocycles. The van der Waals surface area contributed by atoms with Gasteiger partial charge in [0.15, 0.2) is 0 Å². The van der Waals surface area contributed by atoms with Crippen molar-refractivity contribution in [3.63, 3.8) is 0 Å². The summed E-state index contributed by atoms with van der Waals surface area (Å²) in [6.45, 7) is 4.79. The molecule has 8 aromatic carbocycles. The Bertz CT molecular complexity index is 2900. The predicted octanol–water partition coefficient (Wildman–Crippen LogP) is 14.5. The van der Waals surface area contributed by atoms with E-state index in [9.17, 15) is 0 Å². The van der Waals surface area contributed by atoms with E-state index in [0.29, 0.717) is 0 Å². The van der Waals surface area contributed by atoms with Crippen molar-refractivity contribution in [2.24, 2.45) is 0 Å². The van der Waals surface area contributed by atoms with E-state index in [2.05, 4.69) is 229 Å². The van der Waals surface area contributed by atoms with Crippen molar-refractivity contribution < 1.29 is 0 Å².